The monoisotopic (exact) mass is 521 g/mol. The largest absolute Gasteiger partial charge is 0.416 e. The third-order valence-corrected chi connectivity index (χ3v) is 6.23. The Hall–Kier alpha value is -4.23. The number of carbonyl (C=O) groups is 1. The molecule has 3 aromatic heterocycles. The molecule has 1 aliphatic heterocycles. The van der Waals surface area contributed by atoms with Gasteiger partial charge in [-0.05, 0) is 24.6 Å². The fraction of sp³-hybridized carbons (Fsp3) is 0.261. The van der Waals surface area contributed by atoms with Crippen molar-refractivity contribution < 1.29 is 31.1 Å². The van der Waals surface area contributed by atoms with E-state index < -0.39 is 42.1 Å². The van der Waals surface area contributed by atoms with E-state index in [2.05, 4.69) is 25.3 Å². The summed E-state index contributed by atoms with van der Waals surface area (Å²) >= 11 is 0. The number of rotatable bonds is 4. The number of aryl methyl sites for hydroxylation is 1. The van der Waals surface area contributed by atoms with Crippen LogP contribution in [0.1, 0.15) is 35.7 Å². The molecule has 8 nitrogen and oxygen atoms in total. The normalized spacial score (nSPS) is 17.8. The van der Waals surface area contributed by atoms with Crippen molar-refractivity contribution in [3.05, 3.63) is 65.2 Å². The number of nitrogen functional groups attached to an aromatic ring is 1. The van der Waals surface area contributed by atoms with E-state index in [1.807, 2.05) is 0 Å². The summed E-state index contributed by atoms with van der Waals surface area (Å²) < 4.78 is 79.0. The summed E-state index contributed by atoms with van der Waals surface area (Å²) in [7, 11) is 0. The predicted octanol–water partition coefficient (Wildman–Crippen LogP) is 4.54. The lowest BCUT2D eigenvalue weighted by atomic mass is 9.77. The van der Waals surface area contributed by atoms with Crippen molar-refractivity contribution in [1.29, 1.82) is 0 Å². The lowest BCUT2D eigenvalue weighted by molar-refractivity contribution is -0.137. The van der Waals surface area contributed by atoms with Gasteiger partial charge in [0, 0.05) is 31.4 Å². The van der Waals surface area contributed by atoms with Crippen LogP contribution in [-0.2, 0) is 22.8 Å². The molecule has 3 N–H and O–H groups in total. The molecule has 4 heterocycles. The van der Waals surface area contributed by atoms with Crippen molar-refractivity contribution in [2.45, 2.75) is 37.5 Å². The van der Waals surface area contributed by atoms with Crippen LogP contribution in [0.2, 0.25) is 0 Å². The third kappa shape index (κ3) is 4.21. The van der Waals surface area contributed by atoms with E-state index in [-0.39, 0.29) is 45.6 Å². The van der Waals surface area contributed by atoms with Crippen LogP contribution in [0.5, 0.6) is 0 Å². The summed E-state index contributed by atoms with van der Waals surface area (Å²) in [5.74, 6) is -0.745. The van der Waals surface area contributed by atoms with Gasteiger partial charge in [-0.2, -0.15) is 26.3 Å². The summed E-state index contributed by atoms with van der Waals surface area (Å²) in [4.78, 5) is 29.9. The van der Waals surface area contributed by atoms with Gasteiger partial charge in [-0.15, -0.1) is 0 Å². The first-order valence-electron chi connectivity index (χ1n) is 10.8. The maximum Gasteiger partial charge on any atom is 0.416 e. The molecule has 0 saturated carbocycles. The van der Waals surface area contributed by atoms with Crippen molar-refractivity contribution >= 4 is 23.2 Å². The third-order valence-electron chi connectivity index (χ3n) is 6.23. The van der Waals surface area contributed by atoms with Crippen molar-refractivity contribution in [1.82, 2.24) is 24.3 Å². The lowest BCUT2D eigenvalue weighted by Crippen LogP contribution is -2.33. The number of nitrogens with two attached hydrogens (primary N) is 1. The first-order chi connectivity index (χ1) is 17.3. The van der Waals surface area contributed by atoms with Crippen molar-refractivity contribution in [3.8, 4) is 11.5 Å². The number of carbonyl (C=O) groups excluding carboxylic acids is 1. The summed E-state index contributed by atoms with van der Waals surface area (Å²) in [5.41, 5.74) is 4.67. The zero-order valence-electron chi connectivity index (χ0n) is 18.9. The molecular formula is C23H17F6N7O. The van der Waals surface area contributed by atoms with Crippen molar-refractivity contribution in [2.75, 3.05) is 11.1 Å². The molecule has 14 heteroatoms. The van der Waals surface area contributed by atoms with Crippen LogP contribution < -0.4 is 11.1 Å². The van der Waals surface area contributed by atoms with E-state index in [9.17, 15) is 31.1 Å². The molecule has 1 aromatic carbocycles. The van der Waals surface area contributed by atoms with Gasteiger partial charge >= 0.3 is 12.4 Å². The molecule has 5 rings (SSSR count). The Kier molecular flexibility index (Phi) is 5.39. The topological polar surface area (TPSA) is 111 Å². The highest BCUT2D eigenvalue weighted by Crippen LogP contribution is 2.45. The minimum atomic E-state index is -4.55. The molecule has 1 amide bonds. The Morgan fingerprint density at radius 1 is 1.05 bits per heavy atom. The second-order valence-corrected chi connectivity index (χ2v) is 8.66. The average Bonchev–Trinajstić information content (AvgIpc) is 3.39. The van der Waals surface area contributed by atoms with Crippen LogP contribution in [0, 0.1) is 0 Å². The number of hydrogen-bond donors (Lipinski definition) is 2. The summed E-state index contributed by atoms with van der Waals surface area (Å²) in [6.45, 7) is 1.49. The minimum Gasteiger partial charge on any atom is -0.383 e. The molecule has 0 radical (unpaired) electrons. The summed E-state index contributed by atoms with van der Waals surface area (Å²) in [6, 6.07) is 4.10. The lowest BCUT2D eigenvalue weighted by Gasteiger charge is -2.24. The van der Waals surface area contributed by atoms with Crippen LogP contribution in [0.25, 0.3) is 17.2 Å². The SMILES string of the molecule is CC1(c2ccc(C(F)(F)F)cc2)C(=O)Nc2nc(-c3cn4ccnc4c(CCC(F)(F)F)n3)nc(N)c21. The van der Waals surface area contributed by atoms with E-state index in [1.54, 1.807) is 0 Å². The van der Waals surface area contributed by atoms with Crippen molar-refractivity contribution in [2.24, 2.45) is 0 Å². The van der Waals surface area contributed by atoms with Crippen LogP contribution in [-0.4, -0.2) is 36.4 Å². The highest BCUT2D eigenvalue weighted by atomic mass is 19.4. The molecule has 0 spiro atoms. The number of anilines is 2. The molecule has 1 aliphatic rings. The van der Waals surface area contributed by atoms with Gasteiger partial charge in [0.05, 0.1) is 16.8 Å². The Bertz CT molecular complexity index is 1530. The maximum absolute atomic E-state index is 13.0. The van der Waals surface area contributed by atoms with Gasteiger partial charge in [0.2, 0.25) is 5.91 Å². The van der Waals surface area contributed by atoms with E-state index in [4.69, 9.17) is 5.73 Å². The Balaban J connectivity index is 1.57. The highest BCUT2D eigenvalue weighted by Gasteiger charge is 2.48. The van der Waals surface area contributed by atoms with Gasteiger partial charge in [0.25, 0.3) is 0 Å². The smallest absolute Gasteiger partial charge is 0.383 e. The van der Waals surface area contributed by atoms with Crippen LogP contribution in [0.3, 0.4) is 0 Å². The van der Waals surface area contributed by atoms with E-state index in [0.717, 1.165) is 12.1 Å². The number of alkyl halides is 6. The summed E-state index contributed by atoms with van der Waals surface area (Å²) in [5, 5.41) is 2.59. The van der Waals surface area contributed by atoms with E-state index in [0.29, 0.717) is 0 Å². The second-order valence-electron chi connectivity index (χ2n) is 8.66. The van der Waals surface area contributed by atoms with Gasteiger partial charge in [0.1, 0.15) is 22.7 Å². The molecule has 1 unspecified atom stereocenters. The average molecular weight is 521 g/mol. The van der Waals surface area contributed by atoms with Gasteiger partial charge in [-0.1, -0.05) is 12.1 Å². The second kappa shape index (κ2) is 8.15. The molecular weight excluding hydrogens is 504 g/mol. The van der Waals surface area contributed by atoms with Crippen LogP contribution >= 0.6 is 0 Å². The molecule has 192 valence electrons. The number of fused-ring (bicyclic) bond motifs is 2. The van der Waals surface area contributed by atoms with E-state index >= 15 is 0 Å². The van der Waals surface area contributed by atoms with Gasteiger partial charge in [-0.3, -0.25) is 4.79 Å². The van der Waals surface area contributed by atoms with Crippen LogP contribution in [0.4, 0.5) is 38.0 Å². The molecule has 0 aliphatic carbocycles. The standard InChI is InChI=1S/C23H17F6N7O/c1-21(11-2-4-12(5-3-11)23(27,28)29)15-16(30)33-17(34-18(15)35-20(21)37)14-10-36-9-8-31-19(36)13(32-14)6-7-22(24,25)26/h2-5,8-10H,6-7H2,1H3,(H3,30,33,34,35,37). The molecule has 0 bridgehead atoms. The van der Waals surface area contributed by atoms with Crippen molar-refractivity contribution in [3.63, 3.8) is 0 Å². The number of amides is 1. The molecule has 1 atom stereocenters. The zero-order valence-corrected chi connectivity index (χ0v) is 18.9. The molecule has 37 heavy (non-hydrogen) atoms. The number of hydrogen-bond acceptors (Lipinski definition) is 6. The van der Waals surface area contributed by atoms with Gasteiger partial charge in [0.15, 0.2) is 11.5 Å². The Labute approximate surface area is 204 Å². The van der Waals surface area contributed by atoms with Gasteiger partial charge < -0.3 is 15.5 Å². The Morgan fingerprint density at radius 3 is 2.41 bits per heavy atom. The summed E-state index contributed by atoms with van der Waals surface area (Å²) in [6.07, 6.45) is -6.09. The van der Waals surface area contributed by atoms with Crippen LogP contribution in [0.15, 0.2) is 42.9 Å². The first-order valence-corrected chi connectivity index (χ1v) is 10.8. The molecule has 0 fully saturated rings. The fourth-order valence-corrected chi connectivity index (χ4v) is 4.32. The fourth-order valence-electron chi connectivity index (χ4n) is 4.32. The quantitative estimate of drug-likeness (QED) is 0.382. The van der Waals surface area contributed by atoms with Gasteiger partial charge in [-0.25, -0.2) is 19.9 Å². The molecule has 0 saturated heterocycles. The maximum atomic E-state index is 13.0. The van der Waals surface area contributed by atoms with E-state index in [1.165, 1.54) is 42.0 Å². The molecule has 4 aromatic rings. The minimum absolute atomic E-state index is 0.0271. The zero-order chi connectivity index (χ0) is 26.8. The number of benzene rings is 1. The number of imidazole rings is 1. The number of nitrogens with zero attached hydrogens (tertiary/aromatic N) is 5. The first kappa shape index (κ1) is 24.5. The number of aromatic nitrogens is 5. The number of halogens is 6. The predicted molar refractivity (Wildman–Crippen MR) is 119 cm³/mol. The highest BCUT2D eigenvalue weighted by molar-refractivity contribution is 6.09. The number of nitrogens with one attached hydrogen (secondary N) is 1. The Morgan fingerprint density at radius 2 is 1.76 bits per heavy atom.